The van der Waals surface area contributed by atoms with Crippen molar-refractivity contribution in [3.8, 4) is 0 Å². The zero-order valence-corrected chi connectivity index (χ0v) is 10.2. The predicted molar refractivity (Wildman–Crippen MR) is 64.2 cm³/mol. The lowest BCUT2D eigenvalue weighted by molar-refractivity contribution is -0.121. The lowest BCUT2D eigenvalue weighted by atomic mass is 10.1. The Morgan fingerprint density at radius 2 is 2.31 bits per heavy atom. The van der Waals surface area contributed by atoms with Gasteiger partial charge in [0.05, 0.1) is 6.61 Å². The minimum atomic E-state index is 0.155. The first-order chi connectivity index (χ1) is 7.77. The maximum absolute atomic E-state index is 11.5. The fourth-order valence-electron chi connectivity index (χ4n) is 2.23. The van der Waals surface area contributed by atoms with Crippen molar-refractivity contribution in [3.63, 3.8) is 0 Å². The molecule has 4 nitrogen and oxygen atoms in total. The predicted octanol–water partition coefficient (Wildman–Crippen LogP) is 0.749. The van der Waals surface area contributed by atoms with Gasteiger partial charge in [-0.15, -0.1) is 0 Å². The lowest BCUT2D eigenvalue weighted by Crippen LogP contribution is -2.39. The second-order valence-electron chi connectivity index (χ2n) is 4.46. The number of hydrogen-bond donors (Lipinski definition) is 2. The van der Waals surface area contributed by atoms with E-state index in [1.807, 2.05) is 0 Å². The van der Waals surface area contributed by atoms with Crippen LogP contribution in [0.15, 0.2) is 0 Å². The number of nitrogens with one attached hydrogen (secondary N) is 1. The van der Waals surface area contributed by atoms with Crippen molar-refractivity contribution >= 4 is 5.91 Å². The molecule has 1 unspecified atom stereocenters. The molecule has 0 spiro atoms. The highest BCUT2D eigenvalue weighted by molar-refractivity contribution is 5.76. The molecule has 0 bridgehead atoms. The van der Waals surface area contributed by atoms with Gasteiger partial charge in [-0.2, -0.15) is 0 Å². The lowest BCUT2D eigenvalue weighted by Gasteiger charge is -2.29. The average Bonchev–Trinajstić information content (AvgIpc) is 2.49. The van der Waals surface area contributed by atoms with Crippen LogP contribution in [0.4, 0.5) is 0 Å². The molecule has 0 aromatic heterocycles. The largest absolute Gasteiger partial charge is 0.395 e. The molecule has 4 heteroatoms. The first kappa shape index (κ1) is 13.5. The molecule has 0 radical (unpaired) electrons. The molecule has 1 rings (SSSR count). The minimum Gasteiger partial charge on any atom is -0.395 e. The Bertz CT molecular complexity index is 209. The van der Waals surface area contributed by atoms with Crippen LogP contribution in [0, 0.1) is 0 Å². The Labute approximate surface area is 98.0 Å². The quantitative estimate of drug-likeness (QED) is 0.705. The molecule has 0 aromatic rings. The molecular weight excluding hydrogens is 204 g/mol. The van der Waals surface area contributed by atoms with Crippen molar-refractivity contribution in [1.82, 2.24) is 10.2 Å². The zero-order chi connectivity index (χ0) is 11.8. The molecule has 1 aliphatic heterocycles. The SMILES string of the molecule is CCCCN(CCO)C1CCCNC(=O)C1. The van der Waals surface area contributed by atoms with Gasteiger partial charge in [0, 0.05) is 25.6 Å². The molecule has 0 aliphatic carbocycles. The molecule has 1 fully saturated rings. The van der Waals surface area contributed by atoms with Gasteiger partial charge in [-0.1, -0.05) is 13.3 Å². The highest BCUT2D eigenvalue weighted by Crippen LogP contribution is 2.14. The monoisotopic (exact) mass is 228 g/mol. The zero-order valence-electron chi connectivity index (χ0n) is 10.2. The van der Waals surface area contributed by atoms with Crippen molar-refractivity contribution in [1.29, 1.82) is 0 Å². The molecule has 16 heavy (non-hydrogen) atoms. The normalized spacial score (nSPS) is 21.9. The van der Waals surface area contributed by atoms with Gasteiger partial charge in [-0.3, -0.25) is 9.69 Å². The van der Waals surface area contributed by atoms with E-state index in [2.05, 4.69) is 17.1 Å². The Hall–Kier alpha value is -0.610. The number of carbonyl (C=O) groups excluding carboxylic acids is 1. The maximum Gasteiger partial charge on any atom is 0.221 e. The van der Waals surface area contributed by atoms with Crippen molar-refractivity contribution in [2.24, 2.45) is 0 Å². The summed E-state index contributed by atoms with van der Waals surface area (Å²) >= 11 is 0. The topological polar surface area (TPSA) is 52.6 Å². The van der Waals surface area contributed by atoms with E-state index in [0.29, 0.717) is 19.0 Å². The molecule has 1 atom stereocenters. The Morgan fingerprint density at radius 1 is 1.50 bits per heavy atom. The molecule has 1 aliphatic rings. The highest BCUT2D eigenvalue weighted by Gasteiger charge is 2.22. The smallest absolute Gasteiger partial charge is 0.221 e. The van der Waals surface area contributed by atoms with E-state index in [0.717, 1.165) is 38.8 Å². The average molecular weight is 228 g/mol. The van der Waals surface area contributed by atoms with Crippen molar-refractivity contribution in [3.05, 3.63) is 0 Å². The standard InChI is InChI=1S/C12H24N2O2/c1-2-3-7-14(8-9-15)11-5-4-6-13-12(16)10-11/h11,15H,2-10H2,1H3,(H,13,16). The number of carbonyl (C=O) groups is 1. The first-order valence-corrected chi connectivity index (χ1v) is 6.39. The van der Waals surface area contributed by atoms with E-state index in [9.17, 15) is 4.79 Å². The van der Waals surface area contributed by atoms with Gasteiger partial charge in [0.1, 0.15) is 0 Å². The molecule has 0 aromatic carbocycles. The fourth-order valence-corrected chi connectivity index (χ4v) is 2.23. The summed E-state index contributed by atoms with van der Waals surface area (Å²) in [7, 11) is 0. The van der Waals surface area contributed by atoms with Crippen molar-refractivity contribution in [2.75, 3.05) is 26.2 Å². The van der Waals surface area contributed by atoms with Crippen LogP contribution in [0.3, 0.4) is 0 Å². The summed E-state index contributed by atoms with van der Waals surface area (Å²) in [6.45, 7) is 4.84. The Kier molecular flexibility index (Phi) is 6.42. The third kappa shape index (κ3) is 4.49. The van der Waals surface area contributed by atoms with Crippen molar-refractivity contribution < 1.29 is 9.90 Å². The van der Waals surface area contributed by atoms with Crippen LogP contribution in [0.25, 0.3) is 0 Å². The van der Waals surface area contributed by atoms with E-state index in [1.54, 1.807) is 0 Å². The Morgan fingerprint density at radius 3 is 3.00 bits per heavy atom. The summed E-state index contributed by atoms with van der Waals surface area (Å²) < 4.78 is 0. The summed E-state index contributed by atoms with van der Waals surface area (Å²) in [5, 5.41) is 12.0. The molecule has 1 saturated heterocycles. The molecule has 2 N–H and O–H groups in total. The summed E-state index contributed by atoms with van der Waals surface area (Å²) in [6, 6.07) is 0.321. The van der Waals surface area contributed by atoms with Crippen LogP contribution in [-0.2, 0) is 4.79 Å². The van der Waals surface area contributed by atoms with E-state index in [-0.39, 0.29) is 12.5 Å². The maximum atomic E-state index is 11.5. The van der Waals surface area contributed by atoms with Gasteiger partial charge in [0.2, 0.25) is 5.91 Å². The van der Waals surface area contributed by atoms with Crippen LogP contribution in [0.1, 0.15) is 39.0 Å². The van der Waals surface area contributed by atoms with E-state index < -0.39 is 0 Å². The van der Waals surface area contributed by atoms with Crippen LogP contribution < -0.4 is 5.32 Å². The summed E-state index contributed by atoms with van der Waals surface area (Å²) in [5.74, 6) is 0.155. The summed E-state index contributed by atoms with van der Waals surface area (Å²) in [4.78, 5) is 13.7. The van der Waals surface area contributed by atoms with Crippen LogP contribution in [0.2, 0.25) is 0 Å². The van der Waals surface area contributed by atoms with E-state index in [1.165, 1.54) is 0 Å². The fraction of sp³-hybridized carbons (Fsp3) is 0.917. The number of hydrogen-bond acceptors (Lipinski definition) is 3. The molecular formula is C12H24N2O2. The van der Waals surface area contributed by atoms with Gasteiger partial charge in [-0.25, -0.2) is 0 Å². The van der Waals surface area contributed by atoms with Gasteiger partial charge in [-0.05, 0) is 25.8 Å². The third-order valence-electron chi connectivity index (χ3n) is 3.16. The van der Waals surface area contributed by atoms with Gasteiger partial charge in [0.25, 0.3) is 0 Å². The number of nitrogens with zero attached hydrogens (tertiary/aromatic N) is 1. The molecule has 94 valence electrons. The molecule has 1 heterocycles. The van der Waals surface area contributed by atoms with E-state index >= 15 is 0 Å². The molecule has 1 amide bonds. The second-order valence-corrected chi connectivity index (χ2v) is 4.46. The number of unbranched alkanes of at least 4 members (excludes halogenated alkanes) is 1. The second kappa shape index (κ2) is 7.63. The van der Waals surface area contributed by atoms with Crippen LogP contribution >= 0.6 is 0 Å². The number of rotatable bonds is 6. The van der Waals surface area contributed by atoms with Gasteiger partial charge >= 0.3 is 0 Å². The molecule has 0 saturated carbocycles. The van der Waals surface area contributed by atoms with E-state index in [4.69, 9.17) is 5.11 Å². The number of aliphatic hydroxyl groups excluding tert-OH is 1. The third-order valence-corrected chi connectivity index (χ3v) is 3.16. The summed E-state index contributed by atoms with van der Waals surface area (Å²) in [5.41, 5.74) is 0. The number of aliphatic hydroxyl groups is 1. The minimum absolute atomic E-state index is 0.155. The number of amides is 1. The van der Waals surface area contributed by atoms with Gasteiger partial charge < -0.3 is 10.4 Å². The van der Waals surface area contributed by atoms with Crippen LogP contribution in [-0.4, -0.2) is 48.2 Å². The van der Waals surface area contributed by atoms with Gasteiger partial charge in [0.15, 0.2) is 0 Å². The highest BCUT2D eigenvalue weighted by atomic mass is 16.3. The Balaban J connectivity index is 2.49. The summed E-state index contributed by atoms with van der Waals surface area (Å²) in [6.07, 6.45) is 4.98. The van der Waals surface area contributed by atoms with Crippen molar-refractivity contribution in [2.45, 2.75) is 45.1 Å². The first-order valence-electron chi connectivity index (χ1n) is 6.39. The van der Waals surface area contributed by atoms with Crippen LogP contribution in [0.5, 0.6) is 0 Å².